The predicted molar refractivity (Wildman–Crippen MR) is 115 cm³/mol. The van der Waals surface area contributed by atoms with Gasteiger partial charge in [-0.05, 0) is 52.8 Å². The van der Waals surface area contributed by atoms with Crippen LogP contribution in [-0.4, -0.2) is 51.9 Å². The van der Waals surface area contributed by atoms with Crippen molar-refractivity contribution in [2.75, 3.05) is 25.0 Å². The van der Waals surface area contributed by atoms with Crippen molar-refractivity contribution in [3.8, 4) is 0 Å². The zero-order valence-electron chi connectivity index (χ0n) is 17.3. The van der Waals surface area contributed by atoms with Gasteiger partial charge in [-0.3, -0.25) is 19.7 Å². The molecule has 1 aliphatic rings. The summed E-state index contributed by atoms with van der Waals surface area (Å²) in [5.41, 5.74) is 0.147. The molecule has 30 heavy (non-hydrogen) atoms. The lowest BCUT2D eigenvalue weighted by Crippen LogP contribution is -2.39. The number of piperidine rings is 1. The maximum absolute atomic E-state index is 12.6. The number of aromatic nitrogens is 1. The first-order valence-electron chi connectivity index (χ1n) is 9.91. The molecule has 1 N–H and O–H groups in total. The Morgan fingerprint density at radius 3 is 2.67 bits per heavy atom. The number of fused-ring (bicyclic) bond motifs is 1. The summed E-state index contributed by atoms with van der Waals surface area (Å²) >= 11 is 1.23. The number of hydrogen-bond acceptors (Lipinski definition) is 8. The summed E-state index contributed by atoms with van der Waals surface area (Å²) in [4.78, 5) is 41.4. The number of rotatable bonds is 6. The molecular formula is C20H26N4O5S. The average Bonchev–Trinajstić information content (AvgIpc) is 3.06. The van der Waals surface area contributed by atoms with Crippen molar-refractivity contribution in [3.63, 3.8) is 0 Å². The molecule has 1 saturated heterocycles. The lowest BCUT2D eigenvalue weighted by molar-refractivity contribution is -0.384. The average molecular weight is 435 g/mol. The smallest absolute Gasteiger partial charge is 0.307 e. The van der Waals surface area contributed by atoms with Crippen LogP contribution in [-0.2, 0) is 14.3 Å². The first-order chi connectivity index (χ1) is 14.1. The van der Waals surface area contributed by atoms with Crippen molar-refractivity contribution < 1.29 is 19.2 Å². The van der Waals surface area contributed by atoms with Crippen LogP contribution in [0.2, 0.25) is 0 Å². The molecule has 1 aromatic carbocycles. The molecule has 10 heteroatoms. The van der Waals surface area contributed by atoms with Crippen molar-refractivity contribution in [1.29, 1.82) is 0 Å². The van der Waals surface area contributed by atoms with Crippen molar-refractivity contribution in [1.82, 2.24) is 9.88 Å². The molecule has 1 aromatic heterocycles. The molecule has 1 fully saturated rings. The van der Waals surface area contributed by atoms with Crippen LogP contribution in [0, 0.1) is 16.0 Å². The number of nitro benzene ring substituents is 1. The first kappa shape index (κ1) is 22.1. The molecule has 0 spiro atoms. The van der Waals surface area contributed by atoms with E-state index in [1.165, 1.54) is 23.5 Å². The van der Waals surface area contributed by atoms with Gasteiger partial charge in [-0.25, -0.2) is 4.98 Å². The molecule has 0 aliphatic carbocycles. The Morgan fingerprint density at radius 2 is 2.03 bits per heavy atom. The third kappa shape index (κ3) is 5.96. The van der Waals surface area contributed by atoms with Crippen LogP contribution in [0.4, 0.5) is 10.8 Å². The van der Waals surface area contributed by atoms with Gasteiger partial charge in [0.2, 0.25) is 5.91 Å². The van der Waals surface area contributed by atoms with Gasteiger partial charge in [0.1, 0.15) is 5.60 Å². The van der Waals surface area contributed by atoms with E-state index in [2.05, 4.69) is 15.2 Å². The number of amides is 1. The number of esters is 1. The molecule has 2 heterocycles. The molecule has 0 atom stereocenters. The lowest BCUT2D eigenvalue weighted by atomic mass is 9.96. The van der Waals surface area contributed by atoms with E-state index in [4.69, 9.17) is 4.74 Å². The molecule has 0 bridgehead atoms. The summed E-state index contributed by atoms with van der Waals surface area (Å²) in [6.45, 7) is 7.66. The summed E-state index contributed by atoms with van der Waals surface area (Å²) in [5.74, 6) is -0.419. The van der Waals surface area contributed by atoms with E-state index in [-0.39, 0.29) is 23.5 Å². The Hall–Kier alpha value is -2.59. The van der Waals surface area contributed by atoms with E-state index in [9.17, 15) is 19.7 Å². The first-order valence-corrected chi connectivity index (χ1v) is 10.7. The Labute approximate surface area is 178 Å². The van der Waals surface area contributed by atoms with Gasteiger partial charge >= 0.3 is 5.97 Å². The summed E-state index contributed by atoms with van der Waals surface area (Å²) < 4.78 is 5.99. The van der Waals surface area contributed by atoms with E-state index >= 15 is 0 Å². The van der Waals surface area contributed by atoms with Gasteiger partial charge in [0.25, 0.3) is 5.69 Å². The van der Waals surface area contributed by atoms with E-state index in [0.717, 1.165) is 13.1 Å². The fourth-order valence-electron chi connectivity index (χ4n) is 3.35. The highest BCUT2D eigenvalue weighted by atomic mass is 32.1. The summed E-state index contributed by atoms with van der Waals surface area (Å²) in [6, 6.07) is 4.45. The summed E-state index contributed by atoms with van der Waals surface area (Å²) in [5, 5.41) is 14.2. The normalized spacial score (nSPS) is 15.8. The molecule has 0 radical (unpaired) electrons. The molecule has 0 saturated carbocycles. The van der Waals surface area contributed by atoms with Gasteiger partial charge in [0.05, 0.1) is 21.6 Å². The number of ether oxygens (including phenoxy) is 1. The number of non-ortho nitro benzene ring substituents is 1. The number of nitro groups is 1. The van der Waals surface area contributed by atoms with E-state index < -0.39 is 10.5 Å². The monoisotopic (exact) mass is 434 g/mol. The summed E-state index contributed by atoms with van der Waals surface area (Å²) in [7, 11) is 0. The van der Waals surface area contributed by atoms with Crippen LogP contribution in [0.25, 0.3) is 10.2 Å². The van der Waals surface area contributed by atoms with Crippen molar-refractivity contribution in [2.45, 2.75) is 45.6 Å². The third-order valence-corrected chi connectivity index (χ3v) is 5.76. The molecule has 1 aliphatic heterocycles. The second kappa shape index (κ2) is 9.05. The number of anilines is 1. The van der Waals surface area contributed by atoms with Crippen molar-refractivity contribution in [3.05, 3.63) is 28.3 Å². The van der Waals surface area contributed by atoms with Crippen LogP contribution in [0.1, 0.15) is 40.0 Å². The third-order valence-electron chi connectivity index (χ3n) is 4.82. The zero-order valence-corrected chi connectivity index (χ0v) is 18.2. The second-order valence-corrected chi connectivity index (χ2v) is 9.40. The van der Waals surface area contributed by atoms with E-state index in [0.29, 0.717) is 41.2 Å². The van der Waals surface area contributed by atoms with Gasteiger partial charge in [-0.15, -0.1) is 0 Å². The number of hydrogen-bond donors (Lipinski definition) is 1. The Morgan fingerprint density at radius 1 is 1.33 bits per heavy atom. The standard InChI is InChI=1S/C20H26N4O5S/c1-20(2,3)29-17(25)8-11-23-9-6-13(7-10-23)18(26)22-19-21-15-5-4-14(24(27)28)12-16(15)30-19/h4-5,12-13H,6-11H2,1-3H3,(H,21,22,26). The topological polar surface area (TPSA) is 115 Å². The van der Waals surface area contributed by atoms with Crippen LogP contribution in [0.5, 0.6) is 0 Å². The SMILES string of the molecule is CC(C)(C)OC(=O)CCN1CCC(C(=O)Nc2nc3ccc([N+](=O)[O-])cc3s2)CC1. The molecule has 162 valence electrons. The molecule has 9 nitrogen and oxygen atoms in total. The maximum atomic E-state index is 12.6. The highest BCUT2D eigenvalue weighted by molar-refractivity contribution is 7.22. The van der Waals surface area contributed by atoms with Crippen LogP contribution >= 0.6 is 11.3 Å². The number of carbonyl (C=O) groups excluding carboxylic acids is 2. The zero-order chi connectivity index (χ0) is 21.9. The van der Waals surface area contributed by atoms with Gasteiger partial charge in [-0.1, -0.05) is 11.3 Å². The predicted octanol–water partition coefficient (Wildman–Crippen LogP) is 3.59. The minimum absolute atomic E-state index is 0.00257. The largest absolute Gasteiger partial charge is 0.460 e. The Kier molecular flexibility index (Phi) is 6.67. The summed E-state index contributed by atoms with van der Waals surface area (Å²) in [6.07, 6.45) is 1.75. The highest BCUT2D eigenvalue weighted by Gasteiger charge is 2.26. The number of nitrogens with one attached hydrogen (secondary N) is 1. The van der Waals surface area contributed by atoms with Crippen molar-refractivity contribution >= 4 is 44.2 Å². The molecule has 2 aromatic rings. The highest BCUT2D eigenvalue weighted by Crippen LogP contribution is 2.30. The van der Waals surface area contributed by atoms with Gasteiger partial charge in [0, 0.05) is 24.6 Å². The van der Waals surface area contributed by atoms with E-state index in [1.54, 1.807) is 6.07 Å². The fourth-order valence-corrected chi connectivity index (χ4v) is 4.25. The number of likely N-dealkylation sites (tertiary alicyclic amines) is 1. The maximum Gasteiger partial charge on any atom is 0.307 e. The molecule has 0 unspecified atom stereocenters. The Balaban J connectivity index is 1.48. The van der Waals surface area contributed by atoms with Crippen LogP contribution in [0.15, 0.2) is 18.2 Å². The number of thiazole rings is 1. The van der Waals surface area contributed by atoms with Crippen molar-refractivity contribution in [2.24, 2.45) is 5.92 Å². The minimum Gasteiger partial charge on any atom is -0.460 e. The quantitative estimate of drug-likeness (QED) is 0.420. The number of carbonyl (C=O) groups is 2. The van der Waals surface area contributed by atoms with Gasteiger partial charge in [-0.2, -0.15) is 0 Å². The fraction of sp³-hybridized carbons (Fsp3) is 0.550. The van der Waals surface area contributed by atoms with E-state index in [1.807, 2.05) is 20.8 Å². The van der Waals surface area contributed by atoms with Crippen LogP contribution < -0.4 is 5.32 Å². The van der Waals surface area contributed by atoms with Gasteiger partial charge < -0.3 is 15.0 Å². The second-order valence-electron chi connectivity index (χ2n) is 8.37. The molecule has 1 amide bonds. The minimum atomic E-state index is -0.478. The molecule has 3 rings (SSSR count). The number of benzene rings is 1. The lowest BCUT2D eigenvalue weighted by Gasteiger charge is -2.31. The molecular weight excluding hydrogens is 408 g/mol. The number of nitrogens with zero attached hydrogens (tertiary/aromatic N) is 3. The Bertz CT molecular complexity index is 944. The van der Waals surface area contributed by atoms with Gasteiger partial charge in [0.15, 0.2) is 5.13 Å². The van der Waals surface area contributed by atoms with Crippen LogP contribution in [0.3, 0.4) is 0 Å².